The molecule has 1 aromatic carbocycles. The molecule has 0 atom stereocenters. The van der Waals surface area contributed by atoms with Crippen LogP contribution in [0.4, 0.5) is 10.8 Å². The van der Waals surface area contributed by atoms with Gasteiger partial charge in [0, 0.05) is 19.3 Å². The van der Waals surface area contributed by atoms with Gasteiger partial charge in [-0.15, -0.1) is 0 Å². The van der Waals surface area contributed by atoms with Gasteiger partial charge >= 0.3 is 0 Å². The van der Waals surface area contributed by atoms with Crippen molar-refractivity contribution in [3.8, 4) is 5.75 Å². The first kappa shape index (κ1) is 16.1. The first-order valence-electron chi connectivity index (χ1n) is 7.75. The largest absolute Gasteiger partial charge is 0.494 e. The van der Waals surface area contributed by atoms with Crippen LogP contribution < -0.4 is 15.0 Å². The second-order valence-corrected chi connectivity index (χ2v) is 7.10. The highest BCUT2D eigenvalue weighted by molar-refractivity contribution is 7.22. The molecule has 3 heterocycles. The molecule has 0 radical (unpaired) electrons. The second kappa shape index (κ2) is 6.50. The first-order chi connectivity index (χ1) is 12.2. The third-order valence-electron chi connectivity index (χ3n) is 4.13. The molecule has 128 valence electrons. The van der Waals surface area contributed by atoms with Gasteiger partial charge < -0.3 is 15.0 Å². The second-order valence-electron chi connectivity index (χ2n) is 5.74. The summed E-state index contributed by atoms with van der Waals surface area (Å²) in [6, 6.07) is 9.35. The van der Waals surface area contributed by atoms with E-state index in [1.807, 2.05) is 18.2 Å². The first-order valence-corrected chi connectivity index (χ1v) is 8.95. The molecule has 1 aliphatic rings. The molecule has 0 aliphatic carbocycles. The van der Waals surface area contributed by atoms with Crippen molar-refractivity contribution in [2.24, 2.45) is 5.92 Å². The topological polar surface area (TPSA) is 67.3 Å². The van der Waals surface area contributed by atoms with E-state index in [0.717, 1.165) is 21.1 Å². The molecular weight excluding hydrogens is 360 g/mol. The number of hydrogen-bond acceptors (Lipinski definition) is 6. The number of aromatic nitrogens is 2. The number of rotatable bonds is 4. The fourth-order valence-corrected chi connectivity index (χ4v) is 3.89. The molecule has 1 fully saturated rings. The van der Waals surface area contributed by atoms with Crippen LogP contribution in [0, 0.1) is 5.92 Å². The Bertz CT molecular complexity index is 939. The Morgan fingerprint density at radius 2 is 2.20 bits per heavy atom. The van der Waals surface area contributed by atoms with Crippen molar-refractivity contribution in [1.29, 1.82) is 0 Å². The number of carbonyl (C=O) groups excluding carboxylic acids is 1. The van der Waals surface area contributed by atoms with Gasteiger partial charge in [0.15, 0.2) is 10.3 Å². The minimum absolute atomic E-state index is 0.0511. The van der Waals surface area contributed by atoms with E-state index in [1.165, 1.54) is 0 Å². The molecule has 0 unspecified atom stereocenters. The summed E-state index contributed by atoms with van der Waals surface area (Å²) in [7, 11) is 1.64. The fourth-order valence-electron chi connectivity index (χ4n) is 2.73. The van der Waals surface area contributed by atoms with Gasteiger partial charge in [-0.2, -0.15) is 0 Å². The number of carbonyl (C=O) groups is 1. The summed E-state index contributed by atoms with van der Waals surface area (Å²) in [6.45, 7) is 1.26. The van der Waals surface area contributed by atoms with Crippen LogP contribution in [-0.2, 0) is 4.79 Å². The van der Waals surface area contributed by atoms with Crippen molar-refractivity contribution in [2.45, 2.75) is 0 Å². The number of nitrogens with one attached hydrogen (secondary N) is 1. The number of anilines is 2. The summed E-state index contributed by atoms with van der Waals surface area (Å²) in [5.74, 6) is 0.621. The number of methoxy groups -OCH3 is 1. The van der Waals surface area contributed by atoms with Crippen LogP contribution in [0.3, 0.4) is 0 Å². The fraction of sp³-hybridized carbons (Fsp3) is 0.235. The number of ether oxygens (including phenoxy) is 1. The standard InChI is InChI=1S/C17H15ClN4O2S/c1-24-12-5-2-6-13-14(12)21-17(25-13)22-8-10(9-22)16(23)20-11-4-3-7-19-15(11)18/h2-7,10H,8-9H2,1H3,(H,20,23). The zero-order chi connectivity index (χ0) is 17.4. The van der Waals surface area contributed by atoms with Gasteiger partial charge in [-0.05, 0) is 24.3 Å². The molecule has 1 amide bonds. The van der Waals surface area contributed by atoms with Crippen LogP contribution in [0.15, 0.2) is 36.5 Å². The number of amides is 1. The highest BCUT2D eigenvalue weighted by atomic mass is 35.5. The highest BCUT2D eigenvalue weighted by Crippen LogP contribution is 2.36. The van der Waals surface area contributed by atoms with Gasteiger partial charge in [0.05, 0.1) is 23.4 Å². The molecule has 1 saturated heterocycles. The number of pyridine rings is 1. The number of nitrogens with zero attached hydrogens (tertiary/aromatic N) is 3. The van der Waals surface area contributed by atoms with Gasteiger partial charge in [-0.25, -0.2) is 9.97 Å². The molecule has 8 heteroatoms. The van der Waals surface area contributed by atoms with Crippen molar-refractivity contribution in [1.82, 2.24) is 9.97 Å². The zero-order valence-corrected chi connectivity index (χ0v) is 15.0. The van der Waals surface area contributed by atoms with Gasteiger partial charge in [0.1, 0.15) is 11.3 Å². The van der Waals surface area contributed by atoms with Crippen LogP contribution in [0.1, 0.15) is 0 Å². The zero-order valence-electron chi connectivity index (χ0n) is 13.4. The lowest BCUT2D eigenvalue weighted by molar-refractivity contribution is -0.120. The maximum atomic E-state index is 12.3. The van der Waals surface area contributed by atoms with E-state index in [0.29, 0.717) is 23.9 Å². The van der Waals surface area contributed by atoms with E-state index >= 15 is 0 Å². The Hall–Kier alpha value is -2.38. The number of thiazole rings is 1. The maximum absolute atomic E-state index is 12.3. The predicted molar refractivity (Wildman–Crippen MR) is 99.8 cm³/mol. The normalized spacial score (nSPS) is 14.4. The molecule has 0 spiro atoms. The summed E-state index contributed by atoms with van der Waals surface area (Å²) < 4.78 is 6.43. The van der Waals surface area contributed by atoms with Crippen molar-refractivity contribution in [2.75, 3.05) is 30.4 Å². The molecule has 3 aromatic rings. The Kier molecular flexibility index (Phi) is 4.19. The van der Waals surface area contributed by atoms with Crippen LogP contribution in [0.25, 0.3) is 10.2 Å². The average molecular weight is 375 g/mol. The Balaban J connectivity index is 1.43. The number of fused-ring (bicyclic) bond motifs is 1. The van der Waals surface area contributed by atoms with E-state index in [4.69, 9.17) is 16.3 Å². The van der Waals surface area contributed by atoms with Crippen molar-refractivity contribution in [3.05, 3.63) is 41.7 Å². The Labute approximate surface area is 153 Å². The lowest BCUT2D eigenvalue weighted by Crippen LogP contribution is -2.52. The maximum Gasteiger partial charge on any atom is 0.231 e. The molecular formula is C17H15ClN4O2S. The van der Waals surface area contributed by atoms with E-state index in [9.17, 15) is 4.79 Å². The Morgan fingerprint density at radius 3 is 2.96 bits per heavy atom. The molecule has 4 rings (SSSR count). The predicted octanol–water partition coefficient (Wildman–Crippen LogP) is 3.43. The molecule has 0 bridgehead atoms. The summed E-state index contributed by atoms with van der Waals surface area (Å²) in [6.07, 6.45) is 1.59. The third kappa shape index (κ3) is 3.01. The molecule has 25 heavy (non-hydrogen) atoms. The number of halogens is 1. The van der Waals surface area contributed by atoms with Crippen LogP contribution in [-0.4, -0.2) is 36.1 Å². The average Bonchev–Trinajstić information content (AvgIpc) is 2.99. The quantitative estimate of drug-likeness (QED) is 0.708. The van der Waals surface area contributed by atoms with Gasteiger partial charge in [-0.1, -0.05) is 29.0 Å². The van der Waals surface area contributed by atoms with Crippen molar-refractivity contribution >= 4 is 49.9 Å². The summed E-state index contributed by atoms with van der Waals surface area (Å²) in [4.78, 5) is 23.0. The molecule has 1 aliphatic heterocycles. The molecule has 1 N–H and O–H groups in total. The minimum atomic E-state index is -0.0924. The third-order valence-corrected chi connectivity index (χ3v) is 5.51. The van der Waals surface area contributed by atoms with Crippen molar-refractivity contribution < 1.29 is 9.53 Å². The lowest BCUT2D eigenvalue weighted by atomic mass is 10.00. The smallest absolute Gasteiger partial charge is 0.231 e. The van der Waals surface area contributed by atoms with E-state index in [-0.39, 0.29) is 11.8 Å². The summed E-state index contributed by atoms with van der Waals surface area (Å²) in [5.41, 5.74) is 1.40. The SMILES string of the molecule is COc1cccc2sc(N3CC(C(=O)Nc4cccnc4Cl)C3)nc12. The Morgan fingerprint density at radius 1 is 1.36 bits per heavy atom. The van der Waals surface area contributed by atoms with E-state index in [1.54, 1.807) is 36.8 Å². The summed E-state index contributed by atoms with van der Waals surface area (Å²) in [5, 5.41) is 4.03. The number of benzene rings is 1. The molecule has 0 saturated carbocycles. The van der Waals surface area contributed by atoms with Gasteiger partial charge in [-0.3, -0.25) is 4.79 Å². The lowest BCUT2D eigenvalue weighted by Gasteiger charge is -2.37. The summed E-state index contributed by atoms with van der Waals surface area (Å²) >= 11 is 7.58. The van der Waals surface area contributed by atoms with E-state index in [2.05, 4.69) is 20.2 Å². The monoisotopic (exact) mass is 374 g/mol. The molecule has 6 nitrogen and oxygen atoms in total. The van der Waals surface area contributed by atoms with Gasteiger partial charge in [0.2, 0.25) is 5.91 Å². The molecule has 2 aromatic heterocycles. The number of para-hydroxylation sites is 1. The highest BCUT2D eigenvalue weighted by Gasteiger charge is 2.34. The minimum Gasteiger partial charge on any atom is -0.494 e. The van der Waals surface area contributed by atoms with Crippen LogP contribution >= 0.6 is 22.9 Å². The van der Waals surface area contributed by atoms with Crippen molar-refractivity contribution in [3.63, 3.8) is 0 Å². The van der Waals surface area contributed by atoms with Gasteiger partial charge in [0.25, 0.3) is 0 Å². The van der Waals surface area contributed by atoms with E-state index < -0.39 is 0 Å². The van der Waals surface area contributed by atoms with Crippen LogP contribution in [0.2, 0.25) is 5.15 Å². The number of hydrogen-bond donors (Lipinski definition) is 1. The van der Waals surface area contributed by atoms with Crippen LogP contribution in [0.5, 0.6) is 5.75 Å².